The van der Waals surface area contributed by atoms with Crippen LogP contribution in [-0.2, 0) is 29.4 Å². The Kier molecular flexibility index (Phi) is 9.64. The summed E-state index contributed by atoms with van der Waals surface area (Å²) in [6.45, 7) is 0.794. The van der Waals surface area contributed by atoms with Crippen LogP contribution in [0.5, 0.6) is 5.75 Å². The van der Waals surface area contributed by atoms with Gasteiger partial charge in [0.05, 0.1) is 36.3 Å². The fourth-order valence-corrected chi connectivity index (χ4v) is 8.27. The standard InChI is InChI=1S/C37H38N2O4S2/c1-45(41,42)39(26-27-12-4-2-5-13-27)30-17-10-16-29(24-30)34(40)25-38-33(28-14-6-3-7-15-28)22-23-43-35-20-11-19-32-31-18-8-9-21-36(31)44-37(32)35/h2-7,10-17,19-20,24,33,38H,8-9,18,21-23,25-26H2,1H3. The Morgan fingerprint density at radius 2 is 1.64 bits per heavy atom. The topological polar surface area (TPSA) is 75.7 Å². The van der Waals surface area contributed by atoms with Crippen molar-refractivity contribution in [3.8, 4) is 5.75 Å². The summed E-state index contributed by atoms with van der Waals surface area (Å²) in [7, 11) is -3.58. The number of fused-ring (bicyclic) bond motifs is 3. The highest BCUT2D eigenvalue weighted by Crippen LogP contribution is 2.41. The van der Waals surface area contributed by atoms with Crippen LogP contribution in [0.15, 0.2) is 103 Å². The van der Waals surface area contributed by atoms with Crippen molar-refractivity contribution in [3.05, 3.63) is 130 Å². The van der Waals surface area contributed by atoms with Crippen molar-refractivity contribution in [3.63, 3.8) is 0 Å². The van der Waals surface area contributed by atoms with Gasteiger partial charge in [0.25, 0.3) is 0 Å². The zero-order valence-electron chi connectivity index (χ0n) is 25.4. The van der Waals surface area contributed by atoms with Gasteiger partial charge >= 0.3 is 0 Å². The predicted molar refractivity (Wildman–Crippen MR) is 184 cm³/mol. The normalized spacial score (nSPS) is 13.7. The number of sulfonamides is 1. The Morgan fingerprint density at radius 1 is 0.911 bits per heavy atom. The number of nitrogens with zero attached hydrogens (tertiary/aromatic N) is 1. The second kappa shape index (κ2) is 14.0. The lowest BCUT2D eigenvalue weighted by Crippen LogP contribution is -2.30. The van der Waals surface area contributed by atoms with Crippen LogP contribution < -0.4 is 14.4 Å². The molecule has 6 rings (SSSR count). The maximum Gasteiger partial charge on any atom is 0.232 e. The maximum absolute atomic E-state index is 13.4. The van der Waals surface area contributed by atoms with Crippen LogP contribution in [0.4, 0.5) is 5.69 Å². The third-order valence-electron chi connectivity index (χ3n) is 8.35. The number of nitrogens with one attached hydrogen (secondary N) is 1. The molecule has 45 heavy (non-hydrogen) atoms. The van der Waals surface area contributed by atoms with E-state index in [0.29, 0.717) is 24.3 Å². The summed E-state index contributed by atoms with van der Waals surface area (Å²) >= 11 is 1.87. The quantitative estimate of drug-likeness (QED) is 0.134. The minimum absolute atomic E-state index is 0.0975. The summed E-state index contributed by atoms with van der Waals surface area (Å²) in [4.78, 5) is 14.9. The molecule has 1 aromatic heterocycles. The molecule has 0 bridgehead atoms. The number of ketones is 1. The molecule has 8 heteroatoms. The van der Waals surface area contributed by atoms with E-state index in [-0.39, 0.29) is 24.9 Å². The molecule has 4 aromatic carbocycles. The predicted octanol–water partition coefficient (Wildman–Crippen LogP) is 7.73. The van der Waals surface area contributed by atoms with Crippen LogP contribution in [-0.4, -0.2) is 33.6 Å². The van der Waals surface area contributed by atoms with Gasteiger partial charge in [-0.05, 0) is 66.0 Å². The molecular formula is C37H38N2O4S2. The van der Waals surface area contributed by atoms with E-state index >= 15 is 0 Å². The molecule has 0 radical (unpaired) electrons. The first-order chi connectivity index (χ1) is 21.9. The van der Waals surface area contributed by atoms with E-state index in [1.165, 1.54) is 43.9 Å². The smallest absolute Gasteiger partial charge is 0.232 e. The summed E-state index contributed by atoms with van der Waals surface area (Å²) in [6, 6.07) is 32.7. The van der Waals surface area contributed by atoms with E-state index in [9.17, 15) is 13.2 Å². The first-order valence-electron chi connectivity index (χ1n) is 15.5. The summed E-state index contributed by atoms with van der Waals surface area (Å²) in [6.07, 6.45) is 6.68. The fourth-order valence-electron chi connectivity index (χ4n) is 6.03. The van der Waals surface area contributed by atoms with Crippen LogP contribution in [0.2, 0.25) is 0 Å². The molecule has 0 aliphatic heterocycles. The lowest BCUT2D eigenvalue weighted by Gasteiger charge is -2.23. The van der Waals surface area contributed by atoms with Gasteiger partial charge in [0, 0.05) is 22.9 Å². The Hall–Kier alpha value is -3.98. The summed E-state index contributed by atoms with van der Waals surface area (Å²) in [5.74, 6) is 0.818. The lowest BCUT2D eigenvalue weighted by molar-refractivity contribution is 0.0985. The van der Waals surface area contributed by atoms with Crippen molar-refractivity contribution >= 4 is 42.9 Å². The first-order valence-corrected chi connectivity index (χ1v) is 18.1. The highest BCUT2D eigenvalue weighted by Gasteiger charge is 2.21. The van der Waals surface area contributed by atoms with E-state index in [1.54, 1.807) is 24.3 Å². The largest absolute Gasteiger partial charge is 0.492 e. The molecule has 0 spiro atoms. The van der Waals surface area contributed by atoms with Gasteiger partial charge in [-0.1, -0.05) is 84.9 Å². The van der Waals surface area contributed by atoms with E-state index in [2.05, 4.69) is 35.6 Å². The fraction of sp³-hybridized carbons (Fsp3) is 0.270. The summed E-state index contributed by atoms with van der Waals surface area (Å²) < 4.78 is 34.4. The number of benzene rings is 4. The third kappa shape index (κ3) is 7.47. The molecule has 0 saturated heterocycles. The number of hydrogen-bond donors (Lipinski definition) is 1. The number of Topliss-reactive ketones (excluding diaryl/α,β-unsaturated/α-hetero) is 1. The second-order valence-electron chi connectivity index (χ2n) is 11.6. The minimum atomic E-state index is -3.58. The molecule has 1 unspecified atom stereocenters. The number of ether oxygens (including phenoxy) is 1. The number of aryl methyl sites for hydroxylation is 2. The SMILES string of the molecule is CS(=O)(=O)N(Cc1ccccc1)c1cccc(C(=O)CNC(CCOc2cccc3c4c(sc23)CCCC4)c2ccccc2)c1. The van der Waals surface area contributed by atoms with Gasteiger partial charge in [0.15, 0.2) is 5.78 Å². The molecule has 0 fully saturated rings. The van der Waals surface area contributed by atoms with Gasteiger partial charge in [-0.25, -0.2) is 8.42 Å². The molecule has 0 amide bonds. The van der Waals surface area contributed by atoms with E-state index in [4.69, 9.17) is 4.74 Å². The molecule has 6 nitrogen and oxygen atoms in total. The van der Waals surface area contributed by atoms with E-state index < -0.39 is 10.0 Å². The Bertz CT molecular complexity index is 1870. The molecule has 5 aromatic rings. The second-order valence-corrected chi connectivity index (χ2v) is 14.6. The summed E-state index contributed by atoms with van der Waals surface area (Å²) in [5, 5.41) is 4.79. The van der Waals surface area contributed by atoms with Crippen LogP contribution in [0.3, 0.4) is 0 Å². The number of carbonyl (C=O) groups is 1. The molecular weight excluding hydrogens is 601 g/mol. The van der Waals surface area contributed by atoms with Crippen molar-refractivity contribution in [2.75, 3.05) is 23.7 Å². The van der Waals surface area contributed by atoms with Crippen LogP contribution in [0.25, 0.3) is 10.1 Å². The van der Waals surface area contributed by atoms with Gasteiger partial charge in [-0.15, -0.1) is 11.3 Å². The first kappa shape index (κ1) is 31.0. The van der Waals surface area contributed by atoms with Crippen molar-refractivity contribution < 1.29 is 17.9 Å². The van der Waals surface area contributed by atoms with Gasteiger partial charge < -0.3 is 10.1 Å². The molecule has 1 heterocycles. The van der Waals surface area contributed by atoms with Crippen LogP contribution >= 0.6 is 11.3 Å². The van der Waals surface area contributed by atoms with Crippen molar-refractivity contribution in [2.24, 2.45) is 0 Å². The van der Waals surface area contributed by atoms with Gasteiger partial charge in [0.2, 0.25) is 10.0 Å². The molecule has 0 saturated carbocycles. The lowest BCUT2D eigenvalue weighted by atomic mass is 9.96. The molecule has 1 aliphatic rings. The van der Waals surface area contributed by atoms with Crippen molar-refractivity contribution in [1.29, 1.82) is 0 Å². The molecule has 1 aliphatic carbocycles. The molecule has 1 atom stereocenters. The number of carbonyl (C=O) groups excluding carboxylic acids is 1. The average Bonchev–Trinajstić information content (AvgIpc) is 3.45. The van der Waals surface area contributed by atoms with Crippen LogP contribution in [0.1, 0.15) is 57.2 Å². The zero-order valence-corrected chi connectivity index (χ0v) is 27.1. The third-order valence-corrected chi connectivity index (χ3v) is 10.8. The Labute approximate surface area is 269 Å². The average molecular weight is 639 g/mol. The van der Waals surface area contributed by atoms with Crippen molar-refractivity contribution in [1.82, 2.24) is 5.32 Å². The highest BCUT2D eigenvalue weighted by molar-refractivity contribution is 7.92. The van der Waals surface area contributed by atoms with Crippen molar-refractivity contribution in [2.45, 2.75) is 44.7 Å². The zero-order chi connectivity index (χ0) is 31.2. The number of anilines is 1. The molecule has 1 N–H and O–H groups in total. The van der Waals surface area contributed by atoms with Crippen LogP contribution in [0, 0.1) is 0 Å². The summed E-state index contributed by atoms with van der Waals surface area (Å²) in [5.41, 5.74) is 4.36. The Balaban J connectivity index is 1.14. The minimum Gasteiger partial charge on any atom is -0.492 e. The highest BCUT2D eigenvalue weighted by atomic mass is 32.2. The van der Waals surface area contributed by atoms with Gasteiger partial charge in [-0.3, -0.25) is 9.10 Å². The van der Waals surface area contributed by atoms with Gasteiger partial charge in [-0.2, -0.15) is 0 Å². The number of rotatable bonds is 13. The maximum atomic E-state index is 13.4. The van der Waals surface area contributed by atoms with E-state index in [1.807, 2.05) is 59.9 Å². The monoisotopic (exact) mass is 638 g/mol. The van der Waals surface area contributed by atoms with Gasteiger partial charge in [0.1, 0.15) is 5.75 Å². The molecule has 232 valence electrons. The number of hydrogen-bond acceptors (Lipinski definition) is 6. The van der Waals surface area contributed by atoms with E-state index in [0.717, 1.165) is 29.7 Å². The Morgan fingerprint density at radius 3 is 2.42 bits per heavy atom. The number of thiophene rings is 1.